The molecule has 0 aliphatic carbocycles. The van der Waals surface area contributed by atoms with Gasteiger partial charge in [-0.2, -0.15) is 0 Å². The molecule has 1 saturated heterocycles. The van der Waals surface area contributed by atoms with Gasteiger partial charge in [-0.25, -0.2) is 0 Å². The van der Waals surface area contributed by atoms with Crippen LogP contribution in [0.25, 0.3) is 0 Å². The van der Waals surface area contributed by atoms with E-state index in [1.165, 1.54) is 0 Å². The van der Waals surface area contributed by atoms with Crippen LogP contribution in [0.1, 0.15) is 38.1 Å². The third-order valence-electron chi connectivity index (χ3n) is 4.48. The molecule has 7 heteroatoms. The Hall–Kier alpha value is -1.08. The molecule has 0 saturated carbocycles. The van der Waals surface area contributed by atoms with Crippen LogP contribution in [0.2, 0.25) is 5.02 Å². The lowest BCUT2D eigenvalue weighted by molar-refractivity contribution is -0.0893. The lowest BCUT2D eigenvalue weighted by Crippen LogP contribution is -2.49. The highest BCUT2D eigenvalue weighted by Gasteiger charge is 2.35. The molecule has 1 radical (unpaired) electrons. The standard InChI is InChI=1S/C17H24BClNO4/c1-16(2,22)17(3,4)24-18-12-5-6-13(14(19)11-12)15(21)20-7-9-23-10-8-20/h5-6,11,22H,7-10H2,1-4H3. The molecule has 131 valence electrons. The Bertz CT molecular complexity index is 595. The van der Waals surface area contributed by atoms with Crippen molar-refractivity contribution in [3.05, 3.63) is 28.8 Å². The molecule has 0 atom stereocenters. The zero-order chi connectivity index (χ0) is 18.0. The fraction of sp³-hybridized carbons (Fsp3) is 0.588. The van der Waals surface area contributed by atoms with Crippen LogP contribution in [0.4, 0.5) is 0 Å². The Labute approximate surface area is 149 Å². The first-order valence-corrected chi connectivity index (χ1v) is 8.39. The van der Waals surface area contributed by atoms with Crippen molar-refractivity contribution in [2.45, 2.75) is 38.9 Å². The van der Waals surface area contributed by atoms with E-state index in [0.717, 1.165) is 5.46 Å². The van der Waals surface area contributed by atoms with E-state index >= 15 is 0 Å². The number of carbonyl (C=O) groups is 1. The van der Waals surface area contributed by atoms with E-state index in [2.05, 4.69) is 0 Å². The van der Waals surface area contributed by atoms with Crippen molar-refractivity contribution in [1.29, 1.82) is 0 Å². The number of ether oxygens (including phenoxy) is 1. The van der Waals surface area contributed by atoms with Crippen molar-refractivity contribution < 1.29 is 19.3 Å². The maximum atomic E-state index is 12.5. The summed E-state index contributed by atoms with van der Waals surface area (Å²) < 4.78 is 11.0. The molecule has 1 aliphatic heterocycles. The molecule has 1 amide bonds. The number of halogens is 1. The number of aliphatic hydroxyl groups is 1. The van der Waals surface area contributed by atoms with Gasteiger partial charge in [0.25, 0.3) is 5.91 Å². The number of hydrogen-bond acceptors (Lipinski definition) is 4. The van der Waals surface area contributed by atoms with E-state index < -0.39 is 11.2 Å². The Morgan fingerprint density at radius 3 is 2.46 bits per heavy atom. The van der Waals surface area contributed by atoms with Gasteiger partial charge in [0, 0.05) is 13.1 Å². The van der Waals surface area contributed by atoms with Crippen LogP contribution >= 0.6 is 11.6 Å². The Morgan fingerprint density at radius 1 is 1.29 bits per heavy atom. The van der Waals surface area contributed by atoms with Crippen LogP contribution in [0.15, 0.2) is 18.2 Å². The van der Waals surface area contributed by atoms with Crippen LogP contribution in [-0.4, -0.2) is 60.9 Å². The monoisotopic (exact) mass is 352 g/mol. The van der Waals surface area contributed by atoms with Crippen LogP contribution in [0.5, 0.6) is 0 Å². The molecule has 0 spiro atoms. The number of morpholine rings is 1. The van der Waals surface area contributed by atoms with Gasteiger partial charge in [0.1, 0.15) is 0 Å². The summed E-state index contributed by atoms with van der Waals surface area (Å²) in [4.78, 5) is 14.2. The quantitative estimate of drug-likeness (QED) is 0.818. The first kappa shape index (κ1) is 19.3. The second-order valence-corrected chi connectivity index (χ2v) is 7.36. The number of hydrogen-bond donors (Lipinski definition) is 1. The van der Waals surface area contributed by atoms with Crippen molar-refractivity contribution in [2.75, 3.05) is 26.3 Å². The summed E-state index contributed by atoms with van der Waals surface area (Å²) in [6, 6.07) is 5.17. The lowest BCUT2D eigenvalue weighted by Gasteiger charge is -2.37. The van der Waals surface area contributed by atoms with Crippen LogP contribution in [-0.2, 0) is 9.39 Å². The highest BCUT2D eigenvalue weighted by atomic mass is 35.5. The smallest absolute Gasteiger partial charge is 0.330 e. The van der Waals surface area contributed by atoms with Crippen LogP contribution in [0.3, 0.4) is 0 Å². The van der Waals surface area contributed by atoms with Gasteiger partial charge in [0.05, 0.1) is 35.0 Å². The van der Waals surface area contributed by atoms with Gasteiger partial charge >= 0.3 is 7.48 Å². The zero-order valence-corrected chi connectivity index (χ0v) is 15.4. The SMILES string of the molecule is CC(C)(O)C(C)(C)O[B]c1ccc(C(=O)N2CCOCC2)c(Cl)c1. The molecule has 1 N–H and O–H groups in total. The predicted octanol–water partition coefficient (Wildman–Crippen LogP) is 1.62. The second-order valence-electron chi connectivity index (χ2n) is 6.95. The average molecular weight is 353 g/mol. The molecule has 0 bridgehead atoms. The van der Waals surface area contributed by atoms with Crippen molar-refractivity contribution >= 4 is 30.5 Å². The molecule has 2 rings (SSSR count). The number of carbonyl (C=O) groups excluding carboxylic acids is 1. The van der Waals surface area contributed by atoms with Crippen LogP contribution in [0, 0.1) is 0 Å². The Morgan fingerprint density at radius 2 is 1.92 bits per heavy atom. The number of benzene rings is 1. The molecule has 0 aromatic heterocycles. The van der Waals surface area contributed by atoms with Gasteiger partial charge in [-0.05, 0) is 39.8 Å². The molecule has 1 heterocycles. The van der Waals surface area contributed by atoms with Crippen molar-refractivity contribution in [1.82, 2.24) is 4.90 Å². The van der Waals surface area contributed by atoms with Gasteiger partial charge in [-0.1, -0.05) is 23.1 Å². The molecular weight excluding hydrogens is 328 g/mol. The molecule has 1 aromatic rings. The number of amides is 1. The summed E-state index contributed by atoms with van der Waals surface area (Å²) in [6.07, 6.45) is 0. The maximum Gasteiger partial charge on any atom is 0.330 e. The van der Waals surface area contributed by atoms with E-state index in [4.69, 9.17) is 21.0 Å². The highest BCUT2D eigenvalue weighted by Crippen LogP contribution is 2.24. The normalized spacial score (nSPS) is 16.2. The summed E-state index contributed by atoms with van der Waals surface area (Å²) in [5.74, 6) is -0.0902. The molecular formula is C17H24BClNO4. The summed E-state index contributed by atoms with van der Waals surface area (Å²) in [6.45, 7) is 9.25. The molecule has 5 nitrogen and oxygen atoms in total. The lowest BCUT2D eigenvalue weighted by atomic mass is 9.82. The topological polar surface area (TPSA) is 59.0 Å². The molecule has 1 aliphatic rings. The Balaban J connectivity index is 2.05. The van der Waals surface area contributed by atoms with Gasteiger partial charge in [0.15, 0.2) is 0 Å². The van der Waals surface area contributed by atoms with E-state index in [-0.39, 0.29) is 5.91 Å². The van der Waals surface area contributed by atoms with E-state index in [1.807, 2.05) is 0 Å². The Kier molecular flexibility index (Phi) is 5.97. The summed E-state index contributed by atoms with van der Waals surface area (Å²) in [5, 5.41) is 10.5. The maximum absolute atomic E-state index is 12.5. The molecule has 1 fully saturated rings. The third-order valence-corrected chi connectivity index (χ3v) is 4.80. The first-order valence-electron chi connectivity index (χ1n) is 8.02. The van der Waals surface area contributed by atoms with Gasteiger partial charge in [-0.15, -0.1) is 0 Å². The molecule has 1 aromatic carbocycles. The summed E-state index contributed by atoms with van der Waals surface area (Å²) in [7, 11) is 1.55. The fourth-order valence-electron chi connectivity index (χ4n) is 2.07. The predicted molar refractivity (Wildman–Crippen MR) is 95.0 cm³/mol. The zero-order valence-electron chi connectivity index (χ0n) is 14.6. The summed E-state index contributed by atoms with van der Waals surface area (Å²) in [5.41, 5.74) is -0.560. The molecule has 0 unspecified atom stereocenters. The van der Waals surface area contributed by atoms with E-state index in [9.17, 15) is 9.90 Å². The highest BCUT2D eigenvalue weighted by molar-refractivity contribution is 6.48. The van der Waals surface area contributed by atoms with Gasteiger partial charge < -0.3 is 19.4 Å². The fourth-order valence-corrected chi connectivity index (χ4v) is 2.34. The van der Waals surface area contributed by atoms with E-state index in [1.54, 1.807) is 58.3 Å². The van der Waals surface area contributed by atoms with Crippen molar-refractivity contribution in [3.8, 4) is 0 Å². The number of nitrogens with zero attached hydrogens (tertiary/aromatic N) is 1. The first-order chi connectivity index (χ1) is 11.1. The largest absolute Gasteiger partial charge is 0.427 e. The number of rotatable bonds is 5. The van der Waals surface area contributed by atoms with Crippen LogP contribution < -0.4 is 5.46 Å². The van der Waals surface area contributed by atoms with Crippen molar-refractivity contribution in [2.24, 2.45) is 0 Å². The molecule has 24 heavy (non-hydrogen) atoms. The minimum Gasteiger partial charge on any atom is -0.427 e. The van der Waals surface area contributed by atoms with E-state index in [0.29, 0.717) is 36.9 Å². The second kappa shape index (κ2) is 7.44. The summed E-state index contributed by atoms with van der Waals surface area (Å²) >= 11 is 6.28. The van der Waals surface area contributed by atoms with Gasteiger partial charge in [0.2, 0.25) is 0 Å². The van der Waals surface area contributed by atoms with Gasteiger partial charge in [-0.3, -0.25) is 4.79 Å². The minimum atomic E-state index is -1.00. The minimum absolute atomic E-state index is 0.0902. The average Bonchev–Trinajstić information content (AvgIpc) is 2.52. The van der Waals surface area contributed by atoms with Crippen molar-refractivity contribution in [3.63, 3.8) is 0 Å². The third kappa shape index (κ3) is 4.51.